The van der Waals surface area contributed by atoms with Crippen LogP contribution in [-0.4, -0.2) is 44.1 Å². The third-order valence-electron chi connectivity index (χ3n) is 2.11. The lowest BCUT2D eigenvalue weighted by molar-refractivity contribution is 0.0499. The summed E-state index contributed by atoms with van der Waals surface area (Å²) in [5, 5.41) is 9.38. The Morgan fingerprint density at radius 2 is 2.35 bits per heavy atom. The smallest absolute Gasteiger partial charge is 0.223 e. The normalized spacial score (nSPS) is 11.2. The van der Waals surface area contributed by atoms with Gasteiger partial charge >= 0.3 is 0 Å². The van der Waals surface area contributed by atoms with E-state index in [9.17, 15) is 0 Å². The van der Waals surface area contributed by atoms with E-state index in [2.05, 4.69) is 15.0 Å². The Bertz CT molecular complexity index is 515. The molecule has 0 aliphatic carbocycles. The molecule has 2 rings (SSSR count). The Labute approximate surface area is 102 Å². The summed E-state index contributed by atoms with van der Waals surface area (Å²) in [4.78, 5) is 12.5. The highest BCUT2D eigenvalue weighted by Crippen LogP contribution is 2.22. The van der Waals surface area contributed by atoms with Crippen molar-refractivity contribution in [2.45, 2.75) is 11.8 Å². The van der Waals surface area contributed by atoms with E-state index in [4.69, 9.17) is 15.6 Å². The number of ether oxygens (including phenoxy) is 1. The summed E-state index contributed by atoms with van der Waals surface area (Å²) in [7, 11) is 0. The molecule has 0 unspecified atom stereocenters. The summed E-state index contributed by atoms with van der Waals surface area (Å²) < 4.78 is 6.94. The number of nitrogen functional groups attached to an aromatic ring is 1. The summed E-state index contributed by atoms with van der Waals surface area (Å²) in [5.41, 5.74) is 6.97. The van der Waals surface area contributed by atoms with Gasteiger partial charge < -0.3 is 15.6 Å². The molecule has 2 heterocycles. The number of imidazole rings is 1. The largest absolute Gasteiger partial charge is 0.394 e. The van der Waals surface area contributed by atoms with Gasteiger partial charge in [-0.3, -0.25) is 4.57 Å². The minimum atomic E-state index is -0.0141. The van der Waals surface area contributed by atoms with Crippen LogP contribution < -0.4 is 5.73 Å². The number of nitrogens with zero attached hydrogens (tertiary/aromatic N) is 4. The van der Waals surface area contributed by atoms with E-state index in [1.807, 2.05) is 6.26 Å². The topological polar surface area (TPSA) is 99.1 Å². The Balaban J connectivity index is 2.35. The molecule has 17 heavy (non-hydrogen) atoms. The summed E-state index contributed by atoms with van der Waals surface area (Å²) >= 11 is 1.47. The zero-order chi connectivity index (χ0) is 12.3. The van der Waals surface area contributed by atoms with Crippen LogP contribution in [0.15, 0.2) is 11.4 Å². The zero-order valence-corrected chi connectivity index (χ0v) is 10.1. The number of hydrogen-bond acceptors (Lipinski definition) is 7. The molecule has 2 aromatic rings. The van der Waals surface area contributed by atoms with Crippen molar-refractivity contribution >= 4 is 28.9 Å². The average Bonchev–Trinajstić information content (AvgIpc) is 2.72. The van der Waals surface area contributed by atoms with Crippen molar-refractivity contribution in [1.29, 1.82) is 0 Å². The predicted octanol–water partition coefficient (Wildman–Crippen LogP) is 0.0968. The van der Waals surface area contributed by atoms with E-state index in [-0.39, 0.29) is 25.9 Å². The fraction of sp³-hybridized carbons (Fsp3) is 0.444. The highest BCUT2D eigenvalue weighted by Gasteiger charge is 2.11. The number of aliphatic hydroxyl groups is 1. The number of anilines is 1. The minimum Gasteiger partial charge on any atom is -0.394 e. The summed E-state index contributed by atoms with van der Waals surface area (Å²) in [5.74, 6) is 0.214. The second-order valence-electron chi connectivity index (χ2n) is 3.24. The van der Waals surface area contributed by atoms with Gasteiger partial charge in [0.05, 0.1) is 19.5 Å². The van der Waals surface area contributed by atoms with Crippen LogP contribution in [0.25, 0.3) is 11.2 Å². The molecule has 3 N–H and O–H groups in total. The van der Waals surface area contributed by atoms with Crippen molar-refractivity contribution < 1.29 is 9.84 Å². The molecule has 0 aliphatic heterocycles. The monoisotopic (exact) mass is 255 g/mol. The van der Waals surface area contributed by atoms with E-state index in [1.165, 1.54) is 11.8 Å². The van der Waals surface area contributed by atoms with Gasteiger partial charge in [-0.2, -0.15) is 4.98 Å². The van der Waals surface area contributed by atoms with Gasteiger partial charge in [0.25, 0.3) is 0 Å². The maximum atomic E-state index is 8.64. The Kier molecular flexibility index (Phi) is 3.77. The first-order valence-electron chi connectivity index (χ1n) is 4.97. The maximum Gasteiger partial charge on any atom is 0.223 e. The molecule has 8 heteroatoms. The van der Waals surface area contributed by atoms with Crippen molar-refractivity contribution in [3.05, 3.63) is 6.33 Å². The molecule has 0 radical (unpaired) electrons. The molecule has 7 nitrogen and oxygen atoms in total. The molecule has 0 fully saturated rings. The number of thioether (sulfide) groups is 1. The molecular weight excluding hydrogens is 242 g/mol. The highest BCUT2D eigenvalue weighted by molar-refractivity contribution is 7.98. The first-order valence-corrected chi connectivity index (χ1v) is 6.19. The van der Waals surface area contributed by atoms with Gasteiger partial charge in [0.1, 0.15) is 17.3 Å². The van der Waals surface area contributed by atoms with Gasteiger partial charge in [0.15, 0.2) is 5.65 Å². The van der Waals surface area contributed by atoms with E-state index in [0.29, 0.717) is 11.2 Å². The zero-order valence-electron chi connectivity index (χ0n) is 9.33. The van der Waals surface area contributed by atoms with Crippen LogP contribution in [0.2, 0.25) is 0 Å². The van der Waals surface area contributed by atoms with E-state index in [1.54, 1.807) is 10.9 Å². The Morgan fingerprint density at radius 3 is 3.06 bits per heavy atom. The number of nitrogens with two attached hydrogens (primary N) is 1. The molecule has 0 aromatic carbocycles. The second-order valence-corrected chi connectivity index (χ2v) is 4.03. The number of aliphatic hydroxyl groups excluding tert-OH is 1. The van der Waals surface area contributed by atoms with Crippen molar-refractivity contribution in [3.63, 3.8) is 0 Å². The van der Waals surface area contributed by atoms with Crippen molar-refractivity contribution in [1.82, 2.24) is 19.5 Å². The van der Waals surface area contributed by atoms with Crippen LogP contribution in [0.1, 0.15) is 0 Å². The summed E-state index contributed by atoms with van der Waals surface area (Å²) in [6, 6.07) is 0. The molecule has 0 saturated heterocycles. The molecular formula is C9H13N5O2S. The fourth-order valence-corrected chi connectivity index (χ4v) is 1.92. The lowest BCUT2D eigenvalue weighted by Crippen LogP contribution is -2.06. The van der Waals surface area contributed by atoms with Gasteiger partial charge in [-0.25, -0.2) is 9.97 Å². The van der Waals surface area contributed by atoms with E-state index < -0.39 is 0 Å². The average molecular weight is 255 g/mol. The van der Waals surface area contributed by atoms with Gasteiger partial charge in [0.2, 0.25) is 5.95 Å². The molecule has 0 spiro atoms. The van der Waals surface area contributed by atoms with Crippen LogP contribution >= 0.6 is 11.8 Å². The SMILES string of the molecule is CSc1nc(N)nc2c1ncn2COCCO. The first-order chi connectivity index (χ1) is 8.26. The lowest BCUT2D eigenvalue weighted by atomic mass is 10.5. The van der Waals surface area contributed by atoms with Crippen molar-refractivity contribution in [2.24, 2.45) is 0 Å². The Morgan fingerprint density at radius 1 is 1.53 bits per heavy atom. The quantitative estimate of drug-likeness (QED) is 0.444. The minimum absolute atomic E-state index is 0.0141. The molecule has 0 atom stereocenters. The van der Waals surface area contributed by atoms with E-state index >= 15 is 0 Å². The summed E-state index contributed by atoms with van der Waals surface area (Å²) in [6.45, 7) is 0.538. The maximum absolute atomic E-state index is 8.64. The molecule has 0 aliphatic rings. The molecule has 0 bridgehead atoms. The van der Waals surface area contributed by atoms with Gasteiger partial charge in [-0.1, -0.05) is 0 Å². The molecule has 0 amide bonds. The lowest BCUT2D eigenvalue weighted by Gasteiger charge is -2.05. The van der Waals surface area contributed by atoms with Crippen LogP contribution in [0.4, 0.5) is 5.95 Å². The van der Waals surface area contributed by atoms with E-state index in [0.717, 1.165) is 5.03 Å². The van der Waals surface area contributed by atoms with Crippen molar-refractivity contribution in [2.75, 3.05) is 25.2 Å². The van der Waals surface area contributed by atoms with Crippen LogP contribution in [0.3, 0.4) is 0 Å². The Hall–Kier alpha value is -1.38. The predicted molar refractivity (Wildman–Crippen MR) is 64.6 cm³/mol. The fourth-order valence-electron chi connectivity index (χ4n) is 1.40. The third kappa shape index (κ3) is 2.48. The highest BCUT2D eigenvalue weighted by atomic mass is 32.2. The molecule has 2 aromatic heterocycles. The molecule has 92 valence electrons. The first kappa shape index (κ1) is 12.1. The summed E-state index contributed by atoms with van der Waals surface area (Å²) in [6.07, 6.45) is 3.53. The van der Waals surface area contributed by atoms with Crippen LogP contribution in [0.5, 0.6) is 0 Å². The van der Waals surface area contributed by atoms with Crippen LogP contribution in [-0.2, 0) is 11.5 Å². The number of fused-ring (bicyclic) bond motifs is 1. The van der Waals surface area contributed by atoms with Gasteiger partial charge in [-0.15, -0.1) is 11.8 Å². The van der Waals surface area contributed by atoms with Crippen molar-refractivity contribution in [3.8, 4) is 0 Å². The van der Waals surface area contributed by atoms with Crippen LogP contribution in [0, 0.1) is 0 Å². The molecule has 0 saturated carbocycles. The number of aromatic nitrogens is 4. The number of rotatable bonds is 5. The van der Waals surface area contributed by atoms with Gasteiger partial charge in [0, 0.05) is 0 Å². The standard InChI is InChI=1S/C9H13N5O2S/c1-17-8-6-7(12-9(10)13-8)14(4-11-6)5-16-3-2-15/h4,15H,2-3,5H2,1H3,(H2,10,12,13). The number of hydrogen-bond donors (Lipinski definition) is 2. The second kappa shape index (κ2) is 5.30. The third-order valence-corrected chi connectivity index (χ3v) is 2.78. The van der Waals surface area contributed by atoms with Gasteiger partial charge in [-0.05, 0) is 6.26 Å².